The number of aliphatic hydroxyl groups is 1. The van der Waals surface area contributed by atoms with Gasteiger partial charge in [0.25, 0.3) is 10.1 Å². The van der Waals surface area contributed by atoms with Crippen LogP contribution in [-0.4, -0.2) is 31.5 Å². The summed E-state index contributed by atoms with van der Waals surface area (Å²) >= 11 is 0. The third kappa shape index (κ3) is 20.7. The van der Waals surface area contributed by atoms with E-state index in [0.717, 1.165) is 57.6 Å². The van der Waals surface area contributed by atoms with Crippen LogP contribution in [0.4, 0.5) is 0 Å². The maximum absolute atomic E-state index is 11.5. The molecule has 1 atom stereocenters. The zero-order chi connectivity index (χ0) is 27.8. The molecule has 0 aliphatic rings. The van der Waals surface area contributed by atoms with Crippen LogP contribution in [0.15, 0.2) is 58.2 Å². The van der Waals surface area contributed by atoms with Crippen molar-refractivity contribution in [3.05, 3.63) is 58.2 Å². The first-order valence-corrected chi connectivity index (χ1v) is 15.3. The Morgan fingerprint density at radius 3 is 1.42 bits per heavy atom. The van der Waals surface area contributed by atoms with Crippen molar-refractivity contribution in [3.63, 3.8) is 0 Å². The Hall–Kier alpha value is -1.43. The van der Waals surface area contributed by atoms with Gasteiger partial charge in [-0.2, -0.15) is 8.42 Å². The minimum atomic E-state index is -3.61. The van der Waals surface area contributed by atoms with Gasteiger partial charge in [0.05, 0.1) is 11.9 Å². The average molecular weight is 523 g/mol. The molecule has 208 valence electrons. The molecule has 0 spiro atoms. The van der Waals surface area contributed by atoms with Gasteiger partial charge >= 0.3 is 0 Å². The second-order valence-electron chi connectivity index (χ2n) is 11.2. The molecule has 0 fully saturated rings. The zero-order valence-corrected chi connectivity index (χ0v) is 25.4. The summed E-state index contributed by atoms with van der Waals surface area (Å²) < 4.78 is 28.1. The fraction of sp³-hybridized carbons (Fsp3) is 0.677. The predicted octanol–water partition coefficient (Wildman–Crippen LogP) is 8.75. The first-order valence-electron chi connectivity index (χ1n) is 13.5. The van der Waals surface area contributed by atoms with Crippen molar-refractivity contribution >= 4 is 10.1 Å². The average Bonchev–Trinajstić information content (AvgIpc) is 2.72. The molecular weight excluding hydrogens is 468 g/mol. The molecule has 4 nitrogen and oxygen atoms in total. The first kappa shape index (κ1) is 34.6. The Morgan fingerprint density at radius 2 is 1.06 bits per heavy atom. The number of hydrogen-bond acceptors (Lipinski definition) is 4. The second kappa shape index (κ2) is 17.9. The number of unbranched alkanes of at least 4 members (excludes halogenated alkanes) is 1. The highest BCUT2D eigenvalue weighted by atomic mass is 32.2. The van der Waals surface area contributed by atoms with Crippen molar-refractivity contribution in [2.75, 3.05) is 6.26 Å². The van der Waals surface area contributed by atoms with Crippen LogP contribution in [0.3, 0.4) is 0 Å². The van der Waals surface area contributed by atoms with Gasteiger partial charge in [-0.3, -0.25) is 4.18 Å². The van der Waals surface area contributed by atoms with E-state index in [-0.39, 0.29) is 0 Å². The van der Waals surface area contributed by atoms with E-state index in [1.54, 1.807) is 13.8 Å². The molecule has 1 N–H and O–H groups in total. The standard InChI is InChI=1S/C31H54O4S/c1-25(2)15-12-18-28(5)21-13-19-26(3)16-10-11-17-27(4)20-14-22-29(6)23-24-30(31(7,8)32)35-36(9,33)34/h15-17,21-22,30,32H,10-14,18-20,23-24H2,1-9H3/b26-16+,27-17+,28-21+,29-22+/t30-/m1/s1. The first-order chi connectivity index (χ1) is 16.6. The summed E-state index contributed by atoms with van der Waals surface area (Å²) in [6, 6.07) is 0. The minimum Gasteiger partial charge on any atom is -0.388 e. The zero-order valence-electron chi connectivity index (χ0n) is 24.6. The Bertz CT molecular complexity index is 889. The monoisotopic (exact) mass is 522 g/mol. The van der Waals surface area contributed by atoms with Crippen LogP contribution in [-0.2, 0) is 14.3 Å². The van der Waals surface area contributed by atoms with Gasteiger partial charge in [0.2, 0.25) is 0 Å². The lowest BCUT2D eigenvalue weighted by Gasteiger charge is -2.28. The van der Waals surface area contributed by atoms with Gasteiger partial charge in [0.15, 0.2) is 0 Å². The summed E-state index contributed by atoms with van der Waals surface area (Å²) in [7, 11) is -3.61. The fourth-order valence-electron chi connectivity index (χ4n) is 3.84. The molecule has 0 aromatic heterocycles. The van der Waals surface area contributed by atoms with Crippen LogP contribution in [0, 0.1) is 0 Å². The van der Waals surface area contributed by atoms with E-state index in [1.807, 2.05) is 6.92 Å². The van der Waals surface area contributed by atoms with Gasteiger partial charge in [-0.25, -0.2) is 0 Å². The number of hydrogen-bond donors (Lipinski definition) is 1. The molecule has 0 bridgehead atoms. The van der Waals surface area contributed by atoms with Gasteiger partial charge in [0, 0.05) is 0 Å². The lowest BCUT2D eigenvalue weighted by Crippen LogP contribution is -2.39. The molecule has 0 saturated carbocycles. The Kier molecular flexibility index (Phi) is 17.2. The van der Waals surface area contributed by atoms with Crippen molar-refractivity contribution in [2.24, 2.45) is 0 Å². The topological polar surface area (TPSA) is 63.6 Å². The SMILES string of the molecule is CC(C)=CCC/C(C)=C/CC/C(C)=C/CC/C=C(\C)CC/C=C(\C)CC[C@@H](OS(C)(=O)=O)C(C)(C)O. The normalized spacial score (nSPS) is 15.3. The van der Waals surface area contributed by atoms with Crippen molar-refractivity contribution in [2.45, 2.75) is 131 Å². The largest absolute Gasteiger partial charge is 0.388 e. The van der Waals surface area contributed by atoms with E-state index in [0.29, 0.717) is 12.8 Å². The molecule has 0 aliphatic carbocycles. The smallest absolute Gasteiger partial charge is 0.264 e. The molecule has 0 aromatic carbocycles. The summed E-state index contributed by atoms with van der Waals surface area (Å²) in [5.41, 5.74) is 5.73. The molecule has 0 radical (unpaired) electrons. The fourth-order valence-corrected chi connectivity index (χ4v) is 4.59. The van der Waals surface area contributed by atoms with E-state index >= 15 is 0 Å². The van der Waals surface area contributed by atoms with E-state index in [2.05, 4.69) is 65.0 Å². The van der Waals surface area contributed by atoms with Crippen LogP contribution in [0.2, 0.25) is 0 Å². The number of rotatable bonds is 18. The van der Waals surface area contributed by atoms with E-state index < -0.39 is 21.8 Å². The highest BCUT2D eigenvalue weighted by molar-refractivity contribution is 7.86. The molecule has 0 aromatic rings. The van der Waals surface area contributed by atoms with Gasteiger partial charge in [-0.05, 0) is 120 Å². The van der Waals surface area contributed by atoms with Crippen molar-refractivity contribution in [3.8, 4) is 0 Å². The van der Waals surface area contributed by atoms with Crippen LogP contribution >= 0.6 is 0 Å². The van der Waals surface area contributed by atoms with Gasteiger partial charge in [0.1, 0.15) is 6.10 Å². The number of allylic oxidation sites excluding steroid dienone is 10. The van der Waals surface area contributed by atoms with Crippen molar-refractivity contribution in [1.82, 2.24) is 0 Å². The summed E-state index contributed by atoms with van der Waals surface area (Å²) in [5, 5.41) is 10.2. The second-order valence-corrected chi connectivity index (χ2v) is 12.8. The van der Waals surface area contributed by atoms with Crippen LogP contribution in [0.25, 0.3) is 0 Å². The summed E-state index contributed by atoms with van der Waals surface area (Å²) in [5.74, 6) is 0. The molecule has 0 rings (SSSR count). The summed E-state index contributed by atoms with van der Waals surface area (Å²) in [6.45, 7) is 16.2. The predicted molar refractivity (Wildman–Crippen MR) is 157 cm³/mol. The Labute approximate surface area is 223 Å². The van der Waals surface area contributed by atoms with Gasteiger partial charge in [-0.1, -0.05) is 58.2 Å². The summed E-state index contributed by atoms with van der Waals surface area (Å²) in [6.07, 6.45) is 21.7. The van der Waals surface area contributed by atoms with E-state index in [4.69, 9.17) is 4.18 Å². The van der Waals surface area contributed by atoms with Gasteiger partial charge < -0.3 is 5.11 Å². The lowest BCUT2D eigenvalue weighted by atomic mass is 9.95. The van der Waals surface area contributed by atoms with Crippen LogP contribution in [0.1, 0.15) is 120 Å². The molecule has 36 heavy (non-hydrogen) atoms. The highest BCUT2D eigenvalue weighted by Gasteiger charge is 2.30. The molecule has 0 aliphatic heterocycles. The van der Waals surface area contributed by atoms with Crippen molar-refractivity contribution < 1.29 is 17.7 Å². The summed E-state index contributed by atoms with van der Waals surface area (Å²) in [4.78, 5) is 0. The Balaban J connectivity index is 4.35. The quantitative estimate of drug-likeness (QED) is 0.111. The molecule has 5 heteroatoms. The Morgan fingerprint density at radius 1 is 0.694 bits per heavy atom. The third-order valence-electron chi connectivity index (χ3n) is 6.19. The lowest BCUT2D eigenvalue weighted by molar-refractivity contribution is -0.0338. The van der Waals surface area contributed by atoms with E-state index in [1.165, 1.54) is 27.9 Å². The maximum Gasteiger partial charge on any atom is 0.264 e. The van der Waals surface area contributed by atoms with Crippen LogP contribution in [0.5, 0.6) is 0 Å². The third-order valence-corrected chi connectivity index (χ3v) is 6.77. The van der Waals surface area contributed by atoms with Gasteiger partial charge in [-0.15, -0.1) is 0 Å². The highest BCUT2D eigenvalue weighted by Crippen LogP contribution is 2.22. The molecular formula is C31H54O4S. The molecule has 0 heterocycles. The molecule has 0 amide bonds. The minimum absolute atomic E-state index is 0.463. The molecule has 0 unspecified atom stereocenters. The van der Waals surface area contributed by atoms with E-state index in [9.17, 15) is 13.5 Å². The maximum atomic E-state index is 11.5. The van der Waals surface area contributed by atoms with Crippen molar-refractivity contribution in [1.29, 1.82) is 0 Å². The van der Waals surface area contributed by atoms with Crippen LogP contribution < -0.4 is 0 Å². The molecule has 0 saturated heterocycles.